The first kappa shape index (κ1) is 18.5. The minimum atomic E-state index is 0.818. The van der Waals surface area contributed by atoms with Crippen LogP contribution in [0.25, 0.3) is 0 Å². The van der Waals surface area contributed by atoms with E-state index in [1.54, 1.807) is 0 Å². The average Bonchev–Trinajstić information content (AvgIpc) is 2.39. The molecule has 0 heterocycles. The van der Waals surface area contributed by atoms with Gasteiger partial charge in [0.25, 0.3) is 0 Å². The molecule has 1 nitrogen and oxygen atoms in total. The lowest BCUT2D eigenvalue weighted by molar-refractivity contribution is 0.210. The Balaban J connectivity index is 1.75. The van der Waals surface area contributed by atoms with Gasteiger partial charge in [-0.2, -0.15) is 0 Å². The molecular weight excluding hydrogens is 310 g/mol. The van der Waals surface area contributed by atoms with Crippen molar-refractivity contribution in [1.82, 2.24) is 4.90 Å². The summed E-state index contributed by atoms with van der Waals surface area (Å²) in [7, 11) is 2.30. The predicted molar refractivity (Wildman–Crippen MR) is 94.8 cm³/mol. The fraction of sp³-hybridized carbons (Fsp3) is 1.00. The van der Waals surface area contributed by atoms with Crippen LogP contribution in [0.2, 0.25) is 0 Å². The van der Waals surface area contributed by atoms with Gasteiger partial charge in [0, 0.05) is 11.4 Å². The van der Waals surface area contributed by atoms with E-state index < -0.39 is 0 Å². The average molecular weight is 346 g/mol. The number of hydrogen-bond donors (Lipinski definition) is 0. The van der Waals surface area contributed by atoms with Crippen molar-refractivity contribution in [3.63, 3.8) is 0 Å². The second-order valence-corrected chi connectivity index (χ2v) is 8.17. The zero-order valence-corrected chi connectivity index (χ0v) is 15.5. The number of nitrogens with zero attached hydrogens (tertiary/aromatic N) is 1. The topological polar surface area (TPSA) is 3.24 Å². The number of unbranched alkanes of at least 4 members (excludes halogenated alkanes) is 9. The molecule has 0 radical (unpaired) electrons. The molecule has 1 aliphatic rings. The molecular formula is C18H36BrN. The van der Waals surface area contributed by atoms with Gasteiger partial charge in [-0.05, 0) is 38.8 Å². The highest BCUT2D eigenvalue weighted by molar-refractivity contribution is 9.09. The Morgan fingerprint density at radius 3 is 1.85 bits per heavy atom. The molecule has 0 aliphatic heterocycles. The maximum Gasteiger partial charge on any atom is 0.0152 e. The second kappa shape index (κ2) is 12.0. The molecule has 20 heavy (non-hydrogen) atoms. The van der Waals surface area contributed by atoms with E-state index in [1.165, 1.54) is 90.1 Å². The van der Waals surface area contributed by atoms with E-state index in [1.807, 2.05) is 0 Å². The van der Waals surface area contributed by atoms with Crippen LogP contribution >= 0.6 is 15.9 Å². The smallest absolute Gasteiger partial charge is 0.0152 e. The molecule has 0 amide bonds. The third-order valence-electron chi connectivity index (χ3n) is 4.64. The summed E-state index contributed by atoms with van der Waals surface area (Å²) in [5.74, 6) is 0.965. The summed E-state index contributed by atoms with van der Waals surface area (Å²) in [5, 5.41) is 0. The molecule has 0 N–H and O–H groups in total. The molecule has 1 fully saturated rings. The maximum atomic E-state index is 3.68. The van der Waals surface area contributed by atoms with E-state index in [2.05, 4.69) is 34.8 Å². The molecule has 0 unspecified atom stereocenters. The minimum Gasteiger partial charge on any atom is -0.306 e. The summed E-state index contributed by atoms with van der Waals surface area (Å²) in [6, 6.07) is 0. The van der Waals surface area contributed by atoms with Gasteiger partial charge in [0.05, 0.1) is 0 Å². The molecule has 0 spiro atoms. The molecule has 0 saturated heterocycles. The molecule has 0 atom stereocenters. The zero-order valence-electron chi connectivity index (χ0n) is 13.9. The fourth-order valence-corrected chi connectivity index (χ4v) is 4.26. The molecule has 0 aromatic heterocycles. The van der Waals surface area contributed by atoms with Crippen LogP contribution in [0.5, 0.6) is 0 Å². The third kappa shape index (κ3) is 9.39. The van der Waals surface area contributed by atoms with E-state index in [9.17, 15) is 0 Å². The van der Waals surface area contributed by atoms with Crippen LogP contribution in [0.4, 0.5) is 0 Å². The first-order valence-corrected chi connectivity index (χ1v) is 9.96. The van der Waals surface area contributed by atoms with Gasteiger partial charge in [0.15, 0.2) is 0 Å². The van der Waals surface area contributed by atoms with Crippen molar-refractivity contribution in [3.05, 3.63) is 0 Å². The first-order chi connectivity index (χ1) is 9.72. The molecule has 1 saturated carbocycles. The van der Waals surface area contributed by atoms with Crippen LogP contribution in [0.3, 0.4) is 0 Å². The van der Waals surface area contributed by atoms with Crippen molar-refractivity contribution >= 4 is 15.9 Å². The number of hydrogen-bond acceptors (Lipinski definition) is 1. The van der Waals surface area contributed by atoms with Crippen molar-refractivity contribution in [2.75, 3.05) is 20.1 Å². The van der Waals surface area contributed by atoms with Crippen LogP contribution in [0.15, 0.2) is 0 Å². The summed E-state index contributed by atoms with van der Waals surface area (Å²) >= 11 is 3.68. The summed E-state index contributed by atoms with van der Waals surface area (Å²) < 4.78 is 0. The summed E-state index contributed by atoms with van der Waals surface area (Å²) in [6.07, 6.45) is 17.2. The van der Waals surface area contributed by atoms with Crippen molar-refractivity contribution in [2.24, 2.45) is 5.92 Å². The van der Waals surface area contributed by atoms with Crippen molar-refractivity contribution < 1.29 is 0 Å². The molecule has 0 aromatic carbocycles. The first-order valence-electron chi connectivity index (χ1n) is 9.05. The second-order valence-electron chi connectivity index (χ2n) is 6.88. The summed E-state index contributed by atoms with van der Waals surface area (Å²) in [4.78, 5) is 3.37. The predicted octanol–water partition coefficient (Wildman–Crippen LogP) is 6.01. The van der Waals surface area contributed by atoms with Crippen molar-refractivity contribution in [1.29, 1.82) is 0 Å². The van der Waals surface area contributed by atoms with Crippen molar-refractivity contribution in [2.45, 2.75) is 88.8 Å². The summed E-state index contributed by atoms with van der Waals surface area (Å²) in [6.45, 7) is 4.92. The van der Waals surface area contributed by atoms with E-state index in [4.69, 9.17) is 0 Å². The Kier molecular flexibility index (Phi) is 11.1. The minimum absolute atomic E-state index is 0.818. The highest BCUT2D eigenvalue weighted by atomic mass is 79.9. The number of halogens is 1. The Morgan fingerprint density at radius 2 is 1.35 bits per heavy atom. The van der Waals surface area contributed by atoms with Gasteiger partial charge in [-0.25, -0.2) is 0 Å². The van der Waals surface area contributed by atoms with Gasteiger partial charge in [0.2, 0.25) is 0 Å². The SMILES string of the molecule is CCCCCCCCCCCCN(C)CC1CC(Br)C1. The van der Waals surface area contributed by atoms with Gasteiger partial charge in [-0.3, -0.25) is 0 Å². The quantitative estimate of drug-likeness (QED) is 0.291. The molecule has 2 heteroatoms. The fourth-order valence-electron chi connectivity index (χ4n) is 3.20. The standard InChI is InChI=1S/C18H36BrN/c1-3-4-5-6-7-8-9-10-11-12-13-20(2)16-17-14-18(19)15-17/h17-18H,3-16H2,1-2H3. The zero-order chi connectivity index (χ0) is 14.6. The summed E-state index contributed by atoms with van der Waals surface area (Å²) in [5.41, 5.74) is 0. The van der Waals surface area contributed by atoms with Crippen LogP contribution in [0.1, 0.15) is 84.0 Å². The van der Waals surface area contributed by atoms with Crippen LogP contribution < -0.4 is 0 Å². The highest BCUT2D eigenvalue weighted by Gasteiger charge is 2.27. The lowest BCUT2D eigenvalue weighted by Gasteiger charge is -2.34. The Morgan fingerprint density at radius 1 is 0.850 bits per heavy atom. The lowest BCUT2D eigenvalue weighted by atomic mass is 9.85. The molecule has 1 aliphatic carbocycles. The molecule has 0 bridgehead atoms. The molecule has 120 valence electrons. The molecule has 0 aromatic rings. The van der Waals surface area contributed by atoms with E-state index in [0.717, 1.165) is 10.7 Å². The van der Waals surface area contributed by atoms with Crippen LogP contribution in [0, 0.1) is 5.92 Å². The maximum absolute atomic E-state index is 3.68. The van der Waals surface area contributed by atoms with Gasteiger partial charge in [-0.1, -0.05) is 80.6 Å². The van der Waals surface area contributed by atoms with Crippen LogP contribution in [-0.2, 0) is 0 Å². The lowest BCUT2D eigenvalue weighted by Crippen LogP contribution is -2.35. The highest BCUT2D eigenvalue weighted by Crippen LogP contribution is 2.33. The third-order valence-corrected chi connectivity index (χ3v) is 5.39. The monoisotopic (exact) mass is 345 g/mol. The van der Waals surface area contributed by atoms with Gasteiger partial charge in [0.1, 0.15) is 0 Å². The van der Waals surface area contributed by atoms with E-state index in [0.29, 0.717) is 0 Å². The van der Waals surface area contributed by atoms with Crippen molar-refractivity contribution in [3.8, 4) is 0 Å². The van der Waals surface area contributed by atoms with Gasteiger partial charge >= 0.3 is 0 Å². The van der Waals surface area contributed by atoms with E-state index in [-0.39, 0.29) is 0 Å². The normalized spacial score (nSPS) is 22.2. The Bertz CT molecular complexity index is 213. The van der Waals surface area contributed by atoms with E-state index >= 15 is 0 Å². The number of alkyl halides is 1. The van der Waals surface area contributed by atoms with Crippen LogP contribution in [-0.4, -0.2) is 29.9 Å². The largest absolute Gasteiger partial charge is 0.306 e. The van der Waals surface area contributed by atoms with Gasteiger partial charge in [-0.15, -0.1) is 0 Å². The Labute approximate surface area is 136 Å². The number of rotatable bonds is 13. The Hall–Kier alpha value is 0.440. The van der Waals surface area contributed by atoms with Gasteiger partial charge < -0.3 is 4.90 Å². The molecule has 1 rings (SSSR count).